The van der Waals surface area contributed by atoms with Crippen molar-refractivity contribution in [2.75, 3.05) is 6.61 Å². The van der Waals surface area contributed by atoms with E-state index < -0.39 is 24.0 Å². The third-order valence-corrected chi connectivity index (χ3v) is 4.11. The lowest BCUT2D eigenvalue weighted by molar-refractivity contribution is -0.133. The largest absolute Gasteiger partial charge is 0.494 e. The second-order valence-corrected chi connectivity index (χ2v) is 6.57. The molecule has 0 radical (unpaired) electrons. The van der Waals surface area contributed by atoms with Crippen molar-refractivity contribution in [3.63, 3.8) is 0 Å². The lowest BCUT2D eigenvalue weighted by Gasteiger charge is -2.19. The molecule has 3 amide bonds. The summed E-state index contributed by atoms with van der Waals surface area (Å²) in [6, 6.07) is 15.5. The van der Waals surface area contributed by atoms with Gasteiger partial charge in [0.15, 0.2) is 6.10 Å². The van der Waals surface area contributed by atoms with E-state index in [9.17, 15) is 14.4 Å². The first-order valence-electron chi connectivity index (χ1n) is 9.69. The number of carbonyl (C=O) groups excluding carboxylic acids is 3. The van der Waals surface area contributed by atoms with Crippen LogP contribution in [0.3, 0.4) is 0 Å². The van der Waals surface area contributed by atoms with Crippen molar-refractivity contribution in [1.29, 1.82) is 0 Å². The molecule has 0 bridgehead atoms. The number of benzene rings is 2. The Morgan fingerprint density at radius 3 is 2.17 bits per heavy atom. The van der Waals surface area contributed by atoms with E-state index in [1.54, 1.807) is 31.2 Å². The lowest BCUT2D eigenvalue weighted by atomic mass is 10.0. The van der Waals surface area contributed by atoms with E-state index >= 15 is 0 Å². The van der Waals surface area contributed by atoms with Crippen LogP contribution in [-0.4, -0.2) is 30.4 Å². The van der Waals surface area contributed by atoms with Gasteiger partial charge in [0, 0.05) is 6.92 Å². The summed E-state index contributed by atoms with van der Waals surface area (Å²) in [7, 11) is 0. The zero-order valence-electron chi connectivity index (χ0n) is 17.3. The third-order valence-electron chi connectivity index (χ3n) is 4.11. The molecular formula is C22H27N3O5. The molecule has 8 heteroatoms. The molecule has 2 rings (SSSR count). The molecule has 0 aromatic heterocycles. The van der Waals surface area contributed by atoms with Gasteiger partial charge in [-0.1, -0.05) is 30.3 Å². The summed E-state index contributed by atoms with van der Waals surface area (Å²) < 4.78 is 10.9. The van der Waals surface area contributed by atoms with Gasteiger partial charge in [-0.05, 0) is 43.7 Å². The number of nitrogens with one attached hydrogen (secondary N) is 3. The molecule has 0 aliphatic carbocycles. The van der Waals surface area contributed by atoms with E-state index in [1.807, 2.05) is 37.3 Å². The van der Waals surface area contributed by atoms with Crippen molar-refractivity contribution < 1.29 is 23.9 Å². The van der Waals surface area contributed by atoms with Gasteiger partial charge in [-0.3, -0.25) is 25.2 Å². The summed E-state index contributed by atoms with van der Waals surface area (Å²) in [6.45, 7) is 5.41. The van der Waals surface area contributed by atoms with Gasteiger partial charge in [0.2, 0.25) is 11.8 Å². The van der Waals surface area contributed by atoms with Gasteiger partial charge in [0.05, 0.1) is 19.1 Å². The first-order chi connectivity index (χ1) is 14.4. The van der Waals surface area contributed by atoms with E-state index in [4.69, 9.17) is 9.47 Å². The molecule has 0 heterocycles. The maximum Gasteiger partial charge on any atom is 0.279 e. The average Bonchev–Trinajstić information content (AvgIpc) is 2.73. The fourth-order valence-electron chi connectivity index (χ4n) is 2.69. The molecule has 0 aliphatic rings. The minimum absolute atomic E-state index is 0.0298. The van der Waals surface area contributed by atoms with Gasteiger partial charge in [0.25, 0.3) is 5.91 Å². The van der Waals surface area contributed by atoms with Crippen LogP contribution in [0.4, 0.5) is 0 Å². The van der Waals surface area contributed by atoms with Gasteiger partial charge in [-0.15, -0.1) is 0 Å². The van der Waals surface area contributed by atoms with Crippen molar-refractivity contribution in [2.24, 2.45) is 0 Å². The average molecular weight is 413 g/mol. The Kier molecular flexibility index (Phi) is 8.68. The maximum absolute atomic E-state index is 12.3. The van der Waals surface area contributed by atoms with Crippen molar-refractivity contribution in [2.45, 2.75) is 39.3 Å². The van der Waals surface area contributed by atoms with Crippen LogP contribution in [-0.2, 0) is 14.4 Å². The summed E-state index contributed by atoms with van der Waals surface area (Å²) in [5.74, 6) is 0.00824. The van der Waals surface area contributed by atoms with Gasteiger partial charge < -0.3 is 14.8 Å². The minimum atomic E-state index is -0.830. The first kappa shape index (κ1) is 22.7. The van der Waals surface area contributed by atoms with Gasteiger partial charge in [-0.2, -0.15) is 0 Å². The van der Waals surface area contributed by atoms with Crippen LogP contribution in [0.2, 0.25) is 0 Å². The van der Waals surface area contributed by atoms with E-state index in [1.165, 1.54) is 6.92 Å². The highest BCUT2D eigenvalue weighted by atomic mass is 16.5. The summed E-state index contributed by atoms with van der Waals surface area (Å²) >= 11 is 0. The second kappa shape index (κ2) is 11.5. The number of hydrazine groups is 1. The van der Waals surface area contributed by atoms with Crippen molar-refractivity contribution >= 4 is 17.7 Å². The van der Waals surface area contributed by atoms with E-state index in [0.717, 1.165) is 5.56 Å². The molecule has 0 unspecified atom stereocenters. The minimum Gasteiger partial charge on any atom is -0.494 e. The number of rotatable bonds is 9. The Balaban J connectivity index is 1.84. The molecule has 0 fully saturated rings. The Morgan fingerprint density at radius 2 is 1.57 bits per heavy atom. The van der Waals surface area contributed by atoms with Gasteiger partial charge >= 0.3 is 0 Å². The number of amides is 3. The SMILES string of the molecule is CCOc1ccc(O[C@H](C)C(=O)NNC(=O)C[C@@H](NC(C)=O)c2ccccc2)cc1. The molecule has 0 spiro atoms. The molecule has 2 atom stereocenters. The lowest BCUT2D eigenvalue weighted by Crippen LogP contribution is -2.48. The molecule has 0 aliphatic heterocycles. The highest BCUT2D eigenvalue weighted by Gasteiger charge is 2.19. The quantitative estimate of drug-likeness (QED) is 0.547. The Bertz CT molecular complexity index is 840. The van der Waals surface area contributed by atoms with E-state index in [-0.39, 0.29) is 12.3 Å². The molecule has 2 aromatic carbocycles. The van der Waals surface area contributed by atoms with Crippen LogP contribution in [0, 0.1) is 0 Å². The first-order valence-corrected chi connectivity index (χ1v) is 9.69. The maximum atomic E-state index is 12.3. The summed E-state index contributed by atoms with van der Waals surface area (Å²) in [4.78, 5) is 35.9. The fraction of sp³-hybridized carbons (Fsp3) is 0.318. The molecular weight excluding hydrogens is 386 g/mol. The van der Waals surface area contributed by atoms with Crippen molar-refractivity contribution in [1.82, 2.24) is 16.2 Å². The Hall–Kier alpha value is -3.55. The summed E-state index contributed by atoms with van der Waals surface area (Å²) in [5, 5.41) is 2.74. The molecule has 3 N–H and O–H groups in total. The highest BCUT2D eigenvalue weighted by Crippen LogP contribution is 2.19. The predicted molar refractivity (Wildman–Crippen MR) is 112 cm³/mol. The summed E-state index contributed by atoms with van der Waals surface area (Å²) in [6.07, 6.45) is -0.860. The molecule has 0 saturated carbocycles. The summed E-state index contributed by atoms with van der Waals surface area (Å²) in [5.41, 5.74) is 5.50. The van der Waals surface area contributed by atoms with Gasteiger partial charge in [0.1, 0.15) is 11.5 Å². The second-order valence-electron chi connectivity index (χ2n) is 6.57. The molecule has 2 aromatic rings. The van der Waals surface area contributed by atoms with Crippen LogP contribution in [0.15, 0.2) is 54.6 Å². The Labute approximate surface area is 175 Å². The third kappa shape index (κ3) is 7.46. The van der Waals surface area contributed by atoms with Crippen molar-refractivity contribution in [3.8, 4) is 11.5 Å². The highest BCUT2D eigenvalue weighted by molar-refractivity contribution is 5.85. The van der Waals surface area contributed by atoms with Crippen LogP contribution in [0.5, 0.6) is 11.5 Å². The number of ether oxygens (including phenoxy) is 2. The number of hydrogen-bond donors (Lipinski definition) is 3. The number of carbonyl (C=O) groups is 3. The normalized spacial score (nSPS) is 12.2. The molecule has 8 nitrogen and oxygen atoms in total. The topological polar surface area (TPSA) is 106 Å². The molecule has 0 saturated heterocycles. The molecule has 160 valence electrons. The smallest absolute Gasteiger partial charge is 0.279 e. The van der Waals surface area contributed by atoms with Crippen LogP contribution in [0.1, 0.15) is 38.8 Å². The van der Waals surface area contributed by atoms with Crippen LogP contribution in [0.25, 0.3) is 0 Å². The zero-order chi connectivity index (χ0) is 21.9. The van der Waals surface area contributed by atoms with Crippen LogP contribution >= 0.6 is 0 Å². The fourth-order valence-corrected chi connectivity index (χ4v) is 2.69. The van der Waals surface area contributed by atoms with Crippen LogP contribution < -0.4 is 25.6 Å². The predicted octanol–water partition coefficient (Wildman–Crippen LogP) is 2.27. The Morgan fingerprint density at radius 1 is 0.933 bits per heavy atom. The monoisotopic (exact) mass is 413 g/mol. The zero-order valence-corrected chi connectivity index (χ0v) is 17.3. The molecule has 30 heavy (non-hydrogen) atoms. The number of hydrogen-bond acceptors (Lipinski definition) is 5. The standard InChI is InChI=1S/C22H27N3O5/c1-4-29-18-10-12-19(13-11-18)30-15(2)22(28)25-24-21(27)14-20(23-16(3)26)17-8-6-5-7-9-17/h5-13,15,20H,4,14H2,1-3H3,(H,23,26)(H,24,27)(H,25,28)/t15-,20-/m1/s1. The van der Waals surface area contributed by atoms with Crippen molar-refractivity contribution in [3.05, 3.63) is 60.2 Å². The van der Waals surface area contributed by atoms with Gasteiger partial charge in [-0.25, -0.2) is 0 Å². The van der Waals surface area contributed by atoms with E-state index in [0.29, 0.717) is 18.1 Å². The van der Waals surface area contributed by atoms with E-state index in [2.05, 4.69) is 16.2 Å².